The Labute approximate surface area is 174 Å². The van der Waals surface area contributed by atoms with Crippen LogP contribution in [0.15, 0.2) is 54.6 Å². The number of benzene rings is 2. The maximum absolute atomic E-state index is 12.7. The van der Waals surface area contributed by atoms with Crippen LogP contribution in [0.3, 0.4) is 0 Å². The molecular weight excluding hydrogens is 372 g/mol. The SMILES string of the molecule is CCCOc1ccc(CCC(=O)N2C[C@@H](CN)[C@H](c3ccccc3)C2)cc1.Cl. The summed E-state index contributed by atoms with van der Waals surface area (Å²) < 4.78 is 5.61. The molecule has 4 nitrogen and oxygen atoms in total. The Morgan fingerprint density at radius 2 is 1.82 bits per heavy atom. The van der Waals surface area contributed by atoms with Gasteiger partial charge in [-0.05, 0) is 48.6 Å². The van der Waals surface area contributed by atoms with Crippen LogP contribution in [0.1, 0.15) is 36.8 Å². The first kappa shape index (κ1) is 22.3. The van der Waals surface area contributed by atoms with Gasteiger partial charge in [-0.25, -0.2) is 0 Å². The van der Waals surface area contributed by atoms with E-state index >= 15 is 0 Å². The van der Waals surface area contributed by atoms with Gasteiger partial charge in [-0.1, -0.05) is 49.4 Å². The molecule has 1 amide bonds. The minimum atomic E-state index is 0. The molecule has 0 radical (unpaired) electrons. The molecule has 3 rings (SSSR count). The minimum Gasteiger partial charge on any atom is -0.494 e. The van der Waals surface area contributed by atoms with Crippen LogP contribution in [0.25, 0.3) is 0 Å². The smallest absolute Gasteiger partial charge is 0.222 e. The zero-order valence-electron chi connectivity index (χ0n) is 16.5. The summed E-state index contributed by atoms with van der Waals surface area (Å²) in [5.41, 5.74) is 8.44. The van der Waals surface area contributed by atoms with Crippen LogP contribution in [-0.2, 0) is 11.2 Å². The van der Waals surface area contributed by atoms with Crippen molar-refractivity contribution in [3.8, 4) is 5.75 Å². The molecule has 1 saturated heterocycles. The van der Waals surface area contributed by atoms with Crippen LogP contribution in [0.5, 0.6) is 5.75 Å². The molecule has 0 bridgehead atoms. The van der Waals surface area contributed by atoms with Gasteiger partial charge in [0.25, 0.3) is 0 Å². The van der Waals surface area contributed by atoms with E-state index in [0.29, 0.717) is 24.8 Å². The molecule has 5 heteroatoms. The van der Waals surface area contributed by atoms with E-state index in [1.165, 1.54) is 11.1 Å². The number of likely N-dealkylation sites (tertiary alicyclic amines) is 1. The second-order valence-corrected chi connectivity index (χ2v) is 7.30. The first-order chi connectivity index (χ1) is 13.2. The number of carbonyl (C=O) groups is 1. The van der Waals surface area contributed by atoms with Crippen molar-refractivity contribution < 1.29 is 9.53 Å². The number of carbonyl (C=O) groups excluding carboxylic acids is 1. The summed E-state index contributed by atoms with van der Waals surface area (Å²) in [7, 11) is 0. The standard InChI is InChI=1S/C23H30N2O2.ClH/c1-2-14-27-21-11-8-18(9-12-21)10-13-23(26)25-16-20(15-24)22(17-25)19-6-4-3-5-7-19;/h3-9,11-12,20,22H,2,10,13-17,24H2,1H3;1H/t20-,22+;/m1./s1. The van der Waals surface area contributed by atoms with Crippen molar-refractivity contribution >= 4 is 18.3 Å². The molecule has 1 aliphatic rings. The highest BCUT2D eigenvalue weighted by atomic mass is 35.5. The number of nitrogens with zero attached hydrogens (tertiary/aromatic N) is 1. The molecule has 0 unspecified atom stereocenters. The molecule has 1 aliphatic heterocycles. The van der Waals surface area contributed by atoms with Crippen molar-refractivity contribution in [3.63, 3.8) is 0 Å². The second kappa shape index (κ2) is 11.1. The van der Waals surface area contributed by atoms with E-state index < -0.39 is 0 Å². The lowest BCUT2D eigenvalue weighted by Gasteiger charge is -2.17. The van der Waals surface area contributed by atoms with Gasteiger partial charge in [0, 0.05) is 25.4 Å². The van der Waals surface area contributed by atoms with Crippen molar-refractivity contribution in [2.75, 3.05) is 26.2 Å². The third kappa shape index (κ3) is 5.73. The lowest BCUT2D eigenvalue weighted by molar-refractivity contribution is -0.130. The minimum absolute atomic E-state index is 0. The highest BCUT2D eigenvalue weighted by molar-refractivity contribution is 5.85. The number of aryl methyl sites for hydroxylation is 1. The normalized spacial score (nSPS) is 18.6. The summed E-state index contributed by atoms with van der Waals surface area (Å²) >= 11 is 0. The lowest BCUT2D eigenvalue weighted by atomic mass is 9.89. The number of hydrogen-bond donors (Lipinski definition) is 1. The summed E-state index contributed by atoms with van der Waals surface area (Å²) in [6.45, 7) is 4.98. The predicted octanol–water partition coefficient (Wildman–Crippen LogP) is 4.03. The van der Waals surface area contributed by atoms with Crippen LogP contribution in [0.4, 0.5) is 0 Å². The van der Waals surface area contributed by atoms with Crippen LogP contribution in [0, 0.1) is 5.92 Å². The molecule has 2 aromatic carbocycles. The number of amides is 1. The molecule has 2 atom stereocenters. The second-order valence-electron chi connectivity index (χ2n) is 7.30. The predicted molar refractivity (Wildman–Crippen MR) is 116 cm³/mol. The zero-order chi connectivity index (χ0) is 19.1. The maximum Gasteiger partial charge on any atom is 0.222 e. The van der Waals surface area contributed by atoms with E-state index in [1.54, 1.807) is 0 Å². The Morgan fingerprint density at radius 3 is 2.46 bits per heavy atom. The number of halogens is 1. The molecule has 0 saturated carbocycles. The van der Waals surface area contributed by atoms with E-state index in [2.05, 4.69) is 43.3 Å². The highest BCUT2D eigenvalue weighted by Gasteiger charge is 2.34. The van der Waals surface area contributed by atoms with Gasteiger partial charge in [0.15, 0.2) is 0 Å². The average Bonchev–Trinajstić information content (AvgIpc) is 3.16. The fraction of sp³-hybridized carbons (Fsp3) is 0.435. The van der Waals surface area contributed by atoms with Gasteiger partial charge >= 0.3 is 0 Å². The van der Waals surface area contributed by atoms with E-state index in [0.717, 1.165) is 38.3 Å². The van der Waals surface area contributed by atoms with Crippen molar-refractivity contribution in [2.45, 2.75) is 32.1 Å². The number of rotatable bonds is 8. The molecular formula is C23H31ClN2O2. The Balaban J connectivity index is 0.00000280. The van der Waals surface area contributed by atoms with Gasteiger partial charge in [-0.3, -0.25) is 4.79 Å². The monoisotopic (exact) mass is 402 g/mol. The molecule has 2 aromatic rings. The number of nitrogens with two attached hydrogens (primary N) is 1. The molecule has 28 heavy (non-hydrogen) atoms. The molecule has 1 heterocycles. The van der Waals surface area contributed by atoms with Gasteiger partial charge in [0.05, 0.1) is 6.61 Å². The zero-order valence-corrected chi connectivity index (χ0v) is 17.4. The van der Waals surface area contributed by atoms with Gasteiger partial charge < -0.3 is 15.4 Å². The van der Waals surface area contributed by atoms with Gasteiger partial charge in [0.1, 0.15) is 5.75 Å². The number of ether oxygens (including phenoxy) is 1. The van der Waals surface area contributed by atoms with E-state index in [-0.39, 0.29) is 18.3 Å². The fourth-order valence-electron chi connectivity index (χ4n) is 3.77. The van der Waals surface area contributed by atoms with Crippen molar-refractivity contribution in [1.82, 2.24) is 4.90 Å². The Bertz CT molecular complexity index is 721. The highest BCUT2D eigenvalue weighted by Crippen LogP contribution is 2.32. The Hall–Kier alpha value is -2.04. The van der Waals surface area contributed by atoms with Gasteiger partial charge in [-0.2, -0.15) is 0 Å². The quantitative estimate of drug-likeness (QED) is 0.725. The van der Waals surface area contributed by atoms with Crippen molar-refractivity contribution in [1.29, 1.82) is 0 Å². The molecule has 152 valence electrons. The van der Waals surface area contributed by atoms with Crippen LogP contribution in [-0.4, -0.2) is 37.0 Å². The van der Waals surface area contributed by atoms with Crippen LogP contribution < -0.4 is 10.5 Å². The summed E-state index contributed by atoms with van der Waals surface area (Å²) in [5.74, 6) is 1.79. The summed E-state index contributed by atoms with van der Waals surface area (Å²) in [5, 5.41) is 0. The lowest BCUT2D eigenvalue weighted by Crippen LogP contribution is -2.30. The summed E-state index contributed by atoms with van der Waals surface area (Å²) in [6, 6.07) is 18.5. The Morgan fingerprint density at radius 1 is 1.11 bits per heavy atom. The van der Waals surface area contributed by atoms with Crippen molar-refractivity contribution in [3.05, 3.63) is 65.7 Å². The molecule has 1 fully saturated rings. The maximum atomic E-state index is 12.7. The summed E-state index contributed by atoms with van der Waals surface area (Å²) in [6.07, 6.45) is 2.29. The molecule has 0 aromatic heterocycles. The third-order valence-corrected chi connectivity index (χ3v) is 5.35. The Kier molecular flexibility index (Phi) is 8.81. The largest absolute Gasteiger partial charge is 0.494 e. The van der Waals surface area contributed by atoms with E-state index in [1.807, 2.05) is 23.1 Å². The third-order valence-electron chi connectivity index (χ3n) is 5.35. The van der Waals surface area contributed by atoms with Crippen LogP contribution >= 0.6 is 12.4 Å². The summed E-state index contributed by atoms with van der Waals surface area (Å²) in [4.78, 5) is 14.7. The first-order valence-corrected chi connectivity index (χ1v) is 9.95. The molecule has 2 N–H and O–H groups in total. The van der Waals surface area contributed by atoms with Crippen LogP contribution in [0.2, 0.25) is 0 Å². The van der Waals surface area contributed by atoms with E-state index in [4.69, 9.17) is 10.5 Å². The average molecular weight is 403 g/mol. The van der Waals surface area contributed by atoms with Gasteiger partial charge in [0.2, 0.25) is 5.91 Å². The van der Waals surface area contributed by atoms with Gasteiger partial charge in [-0.15, -0.1) is 12.4 Å². The topological polar surface area (TPSA) is 55.6 Å². The first-order valence-electron chi connectivity index (χ1n) is 9.95. The number of hydrogen-bond acceptors (Lipinski definition) is 3. The molecule has 0 aliphatic carbocycles. The molecule has 0 spiro atoms. The van der Waals surface area contributed by atoms with E-state index in [9.17, 15) is 4.79 Å². The van der Waals surface area contributed by atoms with Crippen molar-refractivity contribution in [2.24, 2.45) is 11.7 Å². The fourth-order valence-corrected chi connectivity index (χ4v) is 3.77.